The van der Waals surface area contributed by atoms with Crippen LogP contribution in [-0.2, 0) is 6.61 Å². The van der Waals surface area contributed by atoms with Crippen LogP contribution in [0.25, 0.3) is 42.5 Å². The molecule has 0 aromatic heterocycles. The number of carbonyl (C=O) groups is 7. The van der Waals surface area contributed by atoms with Crippen molar-refractivity contribution in [3.8, 4) is 40.2 Å². The number of hydrogen-bond acceptors (Lipinski definition) is 14. The second-order valence-electron chi connectivity index (χ2n) is 28.4. The van der Waals surface area contributed by atoms with Gasteiger partial charge in [-0.1, -0.05) is 363 Å². The number of methoxy groups -OCH3 is 4. The highest BCUT2D eigenvalue weighted by Crippen LogP contribution is 2.26. The maximum absolute atomic E-state index is 12.2. The molecule has 0 saturated carbocycles. The number of hydrogen-bond donors (Lipinski definition) is 2. The molecule has 15 aromatic carbocycles. The monoisotopic (exact) mass is 1950 g/mol. The highest BCUT2D eigenvalue weighted by molar-refractivity contribution is 9.11. The van der Waals surface area contributed by atoms with Gasteiger partial charge in [0.25, 0.3) is 0 Å². The highest BCUT2D eigenvalue weighted by Gasteiger charge is 2.12. The predicted octanol–water partition coefficient (Wildman–Crippen LogP) is 28.4. The summed E-state index contributed by atoms with van der Waals surface area (Å²) in [6, 6.07) is 121. The Morgan fingerprint density at radius 3 is 0.850 bits per heavy atom. The summed E-state index contributed by atoms with van der Waals surface area (Å²) in [5.74, 6) is 3.37. The van der Waals surface area contributed by atoms with E-state index in [1.165, 1.54) is 24.3 Å². The molecule has 664 valence electrons. The van der Waals surface area contributed by atoms with Gasteiger partial charge in [0.1, 0.15) is 46.9 Å². The number of para-hydroxylation sites is 2. The minimum Gasteiger partial charge on any atom is -0.507 e. The first-order chi connectivity index (χ1) is 64.7. The summed E-state index contributed by atoms with van der Waals surface area (Å²) in [4.78, 5) is 83.6. The van der Waals surface area contributed by atoms with Gasteiger partial charge in [-0.3, -0.25) is 33.6 Å². The van der Waals surface area contributed by atoms with Crippen LogP contribution < -0.4 is 23.7 Å². The van der Waals surface area contributed by atoms with Gasteiger partial charge in [-0.2, -0.15) is 0 Å². The third-order valence-electron chi connectivity index (χ3n) is 18.9. The van der Waals surface area contributed by atoms with Crippen LogP contribution in [0, 0.1) is 0 Å². The van der Waals surface area contributed by atoms with Crippen molar-refractivity contribution in [1.29, 1.82) is 0 Å². The van der Waals surface area contributed by atoms with E-state index in [9.17, 15) is 43.8 Å². The summed E-state index contributed by atoms with van der Waals surface area (Å²) in [6.07, 6.45) is 23.2. The SMILES string of the molecule is COc1ccc(/C=C/C(=O)c2ccccc2Br)cc1.COc1cccc(/C=C/C(=O)c2cccc(Br)c2)c1.COc1cccc(/C=C/C(=O)c2ccccc2)c1.COc1cccc(/C=C/C(=O)c2ccccc2Br)c1.O=C(/C=C/c1cccc(OCc2ccccc2)c1)c1ccccc1O.O=C(/C=C/c1ccccc1)c1ccccc1.O=C(/C=C/c1ccccc1)c1ccccc1O. The van der Waals surface area contributed by atoms with Crippen LogP contribution in [0.1, 0.15) is 117 Å². The Bertz CT molecular complexity index is 6510. The number of carbonyl (C=O) groups excluding carboxylic acids is 7. The van der Waals surface area contributed by atoms with Gasteiger partial charge in [0, 0.05) is 41.2 Å². The molecular weight excluding hydrogens is 1860 g/mol. The molecule has 0 spiro atoms. The van der Waals surface area contributed by atoms with Crippen LogP contribution in [-0.4, -0.2) is 79.1 Å². The van der Waals surface area contributed by atoms with Gasteiger partial charge >= 0.3 is 0 Å². The molecule has 15 aromatic rings. The molecule has 0 aliphatic rings. The van der Waals surface area contributed by atoms with Crippen LogP contribution in [0.15, 0.2) is 450 Å². The van der Waals surface area contributed by atoms with E-state index in [-0.39, 0.29) is 57.5 Å². The van der Waals surface area contributed by atoms with Crippen molar-refractivity contribution in [3.63, 3.8) is 0 Å². The third-order valence-corrected chi connectivity index (χ3v) is 20.8. The molecule has 0 aliphatic carbocycles. The van der Waals surface area contributed by atoms with E-state index in [4.69, 9.17) is 23.7 Å². The number of aromatic hydroxyl groups is 2. The molecule has 0 atom stereocenters. The Morgan fingerprint density at radius 1 is 0.233 bits per heavy atom. The molecule has 0 heterocycles. The molecule has 2 N–H and O–H groups in total. The zero-order chi connectivity index (χ0) is 94.6. The van der Waals surface area contributed by atoms with Gasteiger partial charge in [-0.15, -0.1) is 0 Å². The first kappa shape index (κ1) is 101. The molecule has 133 heavy (non-hydrogen) atoms. The van der Waals surface area contributed by atoms with Gasteiger partial charge in [0.05, 0.1) is 39.6 Å². The van der Waals surface area contributed by atoms with Crippen LogP contribution >= 0.6 is 47.8 Å². The number of ether oxygens (including phenoxy) is 5. The van der Waals surface area contributed by atoms with E-state index in [0.29, 0.717) is 34.4 Å². The summed E-state index contributed by atoms with van der Waals surface area (Å²) in [5, 5.41) is 19.2. The van der Waals surface area contributed by atoms with Crippen molar-refractivity contribution in [2.75, 3.05) is 28.4 Å². The van der Waals surface area contributed by atoms with E-state index in [1.807, 2.05) is 315 Å². The van der Waals surface area contributed by atoms with Crippen molar-refractivity contribution in [2.45, 2.75) is 6.61 Å². The normalized spacial score (nSPS) is 10.6. The van der Waals surface area contributed by atoms with Gasteiger partial charge in [-0.05, 0) is 208 Å². The summed E-state index contributed by atoms with van der Waals surface area (Å²) in [5.41, 5.74) is 11.7. The maximum atomic E-state index is 12.2. The molecule has 0 aliphatic heterocycles. The van der Waals surface area contributed by atoms with Crippen molar-refractivity contribution >= 4 is 131 Å². The average Bonchev–Trinajstić information content (AvgIpc) is 0.864. The summed E-state index contributed by atoms with van der Waals surface area (Å²) in [6.45, 7) is 0.491. The second kappa shape index (κ2) is 56.5. The Balaban J connectivity index is 0.000000175. The molecule has 15 rings (SSSR count). The standard InChI is InChI=1S/C22H18O3.3C16H13BrO2.C16H14O2.C15H12O2.C15H12O/c23-21-12-5-4-11-20(21)22(24)14-13-17-9-6-10-19(15-17)25-16-18-7-2-1-3-8-18;1-19-15-7-2-4-12(10-15)8-9-16(18)13-5-3-6-14(17)11-13;1-19-13-6-4-5-12(11-13)9-10-16(18)14-7-2-3-8-15(14)17;1-19-13-9-6-12(7-10-13)8-11-16(18)14-4-2-3-5-15(14)17;1-18-15-9-5-6-13(12-15)10-11-16(17)14-7-3-2-4-8-14;16-14-9-5-4-8-13(14)15(17)11-10-12-6-2-1-3-7-12;16-15(14-9-5-2-6-10-14)12-11-13-7-3-1-4-8-13/h1-15,23H,16H2;3*2-11H,1H3;2-12H,1H3;1-11,16H;1-12H/b14-13+;9-8+;10-9+;11-8+;2*11-10+;12-11+. The number of rotatable bonds is 28. The molecule has 0 bridgehead atoms. The number of halogens is 3. The van der Waals surface area contributed by atoms with Crippen LogP contribution in [0.4, 0.5) is 0 Å². The first-order valence-electron chi connectivity index (χ1n) is 41.7. The summed E-state index contributed by atoms with van der Waals surface area (Å²) >= 11 is 10.1. The van der Waals surface area contributed by atoms with E-state index in [1.54, 1.807) is 168 Å². The lowest BCUT2D eigenvalue weighted by Crippen LogP contribution is -1.95. The van der Waals surface area contributed by atoms with Gasteiger partial charge < -0.3 is 33.9 Å². The fraction of sp³-hybridized carbons (Fsp3) is 0.0431. The Morgan fingerprint density at radius 2 is 0.496 bits per heavy atom. The van der Waals surface area contributed by atoms with Crippen LogP contribution in [0.2, 0.25) is 0 Å². The zero-order valence-corrected chi connectivity index (χ0v) is 78.0. The third kappa shape index (κ3) is 36.3. The molecule has 0 amide bonds. The van der Waals surface area contributed by atoms with Gasteiger partial charge in [0.2, 0.25) is 0 Å². The van der Waals surface area contributed by atoms with E-state index >= 15 is 0 Å². The summed E-state index contributed by atoms with van der Waals surface area (Å²) in [7, 11) is 6.49. The number of phenols is 2. The maximum Gasteiger partial charge on any atom is 0.189 e. The van der Waals surface area contributed by atoms with Crippen molar-refractivity contribution < 1.29 is 67.5 Å². The molecule has 0 unspecified atom stereocenters. The first-order valence-corrected chi connectivity index (χ1v) is 44.0. The van der Waals surface area contributed by atoms with Crippen molar-refractivity contribution in [1.82, 2.24) is 0 Å². The number of allylic oxidation sites excluding steroid dienone is 7. The largest absolute Gasteiger partial charge is 0.507 e. The lowest BCUT2D eigenvalue weighted by Gasteiger charge is -2.07. The minimum atomic E-state index is -0.242. The minimum absolute atomic E-state index is 0.00146. The van der Waals surface area contributed by atoms with E-state index in [2.05, 4.69) is 47.8 Å². The van der Waals surface area contributed by atoms with Gasteiger partial charge in [-0.25, -0.2) is 0 Å². The molecule has 0 fully saturated rings. The van der Waals surface area contributed by atoms with Crippen LogP contribution in [0.3, 0.4) is 0 Å². The summed E-state index contributed by atoms with van der Waals surface area (Å²) < 4.78 is 28.8. The Hall–Kier alpha value is -15.8. The number of phenolic OH excluding ortho intramolecular Hbond substituents is 2. The van der Waals surface area contributed by atoms with E-state index in [0.717, 1.165) is 92.2 Å². The Labute approximate surface area is 801 Å². The Kier molecular flexibility index (Phi) is 42.9. The lowest BCUT2D eigenvalue weighted by molar-refractivity contribution is 0.103. The zero-order valence-electron chi connectivity index (χ0n) is 73.2. The second-order valence-corrected chi connectivity index (χ2v) is 31.0. The molecule has 0 radical (unpaired) electrons. The predicted molar refractivity (Wildman–Crippen MR) is 547 cm³/mol. The van der Waals surface area contributed by atoms with Crippen LogP contribution in [0.5, 0.6) is 40.2 Å². The smallest absolute Gasteiger partial charge is 0.189 e. The van der Waals surface area contributed by atoms with Gasteiger partial charge in [0.15, 0.2) is 40.5 Å². The molecule has 0 saturated heterocycles. The average molecular weight is 1950 g/mol. The lowest BCUT2D eigenvalue weighted by atomic mass is 10.1. The number of benzene rings is 15. The molecular formula is C116H95Br3O14. The fourth-order valence-corrected chi connectivity index (χ4v) is 13.3. The fourth-order valence-electron chi connectivity index (χ4n) is 11.9. The number of ketones is 7. The van der Waals surface area contributed by atoms with Crippen molar-refractivity contribution in [2.24, 2.45) is 0 Å². The molecule has 17 heteroatoms. The van der Waals surface area contributed by atoms with E-state index < -0.39 is 0 Å². The quantitative estimate of drug-likeness (QED) is 0.0346. The topological polar surface area (TPSA) is 206 Å². The molecule has 14 nitrogen and oxygen atoms in total. The highest BCUT2D eigenvalue weighted by atomic mass is 79.9. The van der Waals surface area contributed by atoms with Crippen molar-refractivity contribution in [3.05, 3.63) is 534 Å².